The summed E-state index contributed by atoms with van der Waals surface area (Å²) in [7, 11) is 0. The van der Waals surface area contributed by atoms with Gasteiger partial charge in [-0.05, 0) is 28.1 Å². The average Bonchev–Trinajstić information content (AvgIpc) is 2.56. The van der Waals surface area contributed by atoms with E-state index in [1.165, 1.54) is 6.33 Å². The molecule has 0 spiro atoms. The quantitative estimate of drug-likeness (QED) is 0.750. The third kappa shape index (κ3) is 1.35. The molecule has 1 N–H and O–H groups in total. The smallest absolute Gasteiger partial charge is 0.174 e. The van der Waals surface area contributed by atoms with Gasteiger partial charge in [0.25, 0.3) is 0 Å². The summed E-state index contributed by atoms with van der Waals surface area (Å²) in [5.74, 6) is 0.677. The molecule has 2 heterocycles. The molecule has 0 saturated heterocycles. The van der Waals surface area contributed by atoms with Gasteiger partial charge < -0.3 is 0 Å². The Hall–Kier alpha value is -1.23. The van der Waals surface area contributed by atoms with Crippen molar-refractivity contribution in [3.8, 4) is 11.5 Å². The molecule has 0 atom stereocenters. The van der Waals surface area contributed by atoms with E-state index >= 15 is 0 Å². The van der Waals surface area contributed by atoms with Gasteiger partial charge in [0.05, 0.1) is 0 Å². The van der Waals surface area contributed by atoms with Crippen LogP contribution < -0.4 is 0 Å². The minimum atomic E-state index is 0.677. The van der Waals surface area contributed by atoms with E-state index in [4.69, 9.17) is 0 Å². The van der Waals surface area contributed by atoms with Crippen molar-refractivity contribution in [2.75, 3.05) is 0 Å². The normalized spacial score (nSPS) is 10.1. The van der Waals surface area contributed by atoms with Crippen LogP contribution in [0.1, 0.15) is 0 Å². The first-order valence-electron chi connectivity index (χ1n) is 3.34. The van der Waals surface area contributed by atoms with Crippen LogP contribution in [0, 0.1) is 0 Å². The zero-order valence-corrected chi connectivity index (χ0v) is 7.62. The molecule has 0 aromatic carbocycles. The van der Waals surface area contributed by atoms with E-state index in [0.29, 0.717) is 5.82 Å². The van der Waals surface area contributed by atoms with E-state index in [-0.39, 0.29) is 0 Å². The van der Waals surface area contributed by atoms with Gasteiger partial charge in [-0.15, -0.1) is 0 Å². The molecule has 0 saturated carbocycles. The molecular weight excluding hydrogens is 220 g/mol. The number of aromatic amines is 1. The zero-order chi connectivity index (χ0) is 8.39. The molecule has 0 bridgehead atoms. The van der Waals surface area contributed by atoms with Gasteiger partial charge in [-0.25, -0.2) is 9.97 Å². The van der Waals surface area contributed by atoms with Crippen molar-refractivity contribution in [2.45, 2.75) is 0 Å². The molecule has 4 nitrogen and oxygen atoms in total. The highest BCUT2D eigenvalue weighted by Crippen LogP contribution is 2.13. The Kier molecular flexibility index (Phi) is 1.87. The maximum Gasteiger partial charge on any atom is 0.174 e. The van der Waals surface area contributed by atoms with Crippen LogP contribution in [-0.4, -0.2) is 20.2 Å². The molecule has 0 aliphatic heterocycles. The van der Waals surface area contributed by atoms with Crippen LogP contribution in [0.5, 0.6) is 0 Å². The van der Waals surface area contributed by atoms with E-state index in [1.54, 1.807) is 0 Å². The fraction of sp³-hybridized carbons (Fsp3) is 0. The molecule has 12 heavy (non-hydrogen) atoms. The zero-order valence-electron chi connectivity index (χ0n) is 6.03. The monoisotopic (exact) mass is 224 g/mol. The van der Waals surface area contributed by atoms with Gasteiger partial charge in [-0.3, -0.25) is 5.10 Å². The van der Waals surface area contributed by atoms with E-state index in [9.17, 15) is 0 Å². The van der Waals surface area contributed by atoms with Crippen LogP contribution in [0.3, 0.4) is 0 Å². The maximum atomic E-state index is 4.20. The second kappa shape index (κ2) is 3.02. The van der Waals surface area contributed by atoms with Gasteiger partial charge in [0, 0.05) is 0 Å². The Morgan fingerprint density at radius 1 is 1.33 bits per heavy atom. The summed E-state index contributed by atoms with van der Waals surface area (Å²) in [6.45, 7) is 0. The average molecular weight is 225 g/mol. The van der Waals surface area contributed by atoms with E-state index in [2.05, 4.69) is 36.1 Å². The topological polar surface area (TPSA) is 54.5 Å². The molecule has 2 aromatic rings. The first-order chi connectivity index (χ1) is 5.86. The third-order valence-corrected chi connectivity index (χ3v) is 1.81. The summed E-state index contributed by atoms with van der Waals surface area (Å²) in [4.78, 5) is 8.18. The molecule has 2 rings (SSSR count). The third-order valence-electron chi connectivity index (χ3n) is 1.37. The van der Waals surface area contributed by atoms with Crippen molar-refractivity contribution < 1.29 is 0 Å². The number of aromatic nitrogens is 4. The van der Waals surface area contributed by atoms with Gasteiger partial charge in [-0.1, -0.05) is 6.07 Å². The van der Waals surface area contributed by atoms with E-state index in [1.807, 2.05) is 18.2 Å². The predicted octanol–water partition coefficient (Wildman–Crippen LogP) is 1.63. The van der Waals surface area contributed by atoms with Crippen LogP contribution in [0.2, 0.25) is 0 Å². The minimum Gasteiger partial charge on any atom is -0.258 e. The summed E-state index contributed by atoms with van der Waals surface area (Å²) >= 11 is 3.27. The molecule has 0 amide bonds. The SMILES string of the molecule is Brc1cccc(-c2ncn[nH]2)n1. The van der Waals surface area contributed by atoms with Crippen LogP contribution in [0.15, 0.2) is 29.1 Å². The fourth-order valence-corrected chi connectivity index (χ4v) is 1.21. The Balaban J connectivity index is 2.48. The number of hydrogen-bond donors (Lipinski definition) is 1. The van der Waals surface area contributed by atoms with Gasteiger partial charge in [0.2, 0.25) is 0 Å². The van der Waals surface area contributed by atoms with Crippen molar-refractivity contribution in [1.29, 1.82) is 0 Å². The lowest BCUT2D eigenvalue weighted by molar-refractivity contribution is 1.08. The Morgan fingerprint density at radius 2 is 2.25 bits per heavy atom. The Morgan fingerprint density at radius 3 is 2.92 bits per heavy atom. The summed E-state index contributed by atoms with van der Waals surface area (Å²) < 4.78 is 0.788. The number of nitrogens with one attached hydrogen (secondary N) is 1. The molecule has 0 radical (unpaired) electrons. The number of H-pyrrole nitrogens is 1. The maximum absolute atomic E-state index is 4.20. The number of rotatable bonds is 1. The van der Waals surface area contributed by atoms with Crippen molar-refractivity contribution in [3.63, 3.8) is 0 Å². The molecule has 60 valence electrons. The number of halogens is 1. The molecule has 0 unspecified atom stereocenters. The highest BCUT2D eigenvalue weighted by molar-refractivity contribution is 9.10. The lowest BCUT2D eigenvalue weighted by atomic mass is 10.3. The van der Waals surface area contributed by atoms with Crippen LogP contribution >= 0.6 is 15.9 Å². The number of hydrogen-bond acceptors (Lipinski definition) is 3. The van der Waals surface area contributed by atoms with Gasteiger partial charge in [0.1, 0.15) is 16.6 Å². The predicted molar refractivity (Wildman–Crippen MR) is 47.3 cm³/mol. The highest BCUT2D eigenvalue weighted by Gasteiger charge is 2.00. The van der Waals surface area contributed by atoms with Gasteiger partial charge in [-0.2, -0.15) is 5.10 Å². The molecule has 5 heteroatoms. The first-order valence-corrected chi connectivity index (χ1v) is 4.14. The lowest BCUT2D eigenvalue weighted by Gasteiger charge is -1.94. The van der Waals surface area contributed by atoms with E-state index in [0.717, 1.165) is 10.3 Å². The van der Waals surface area contributed by atoms with Crippen molar-refractivity contribution in [1.82, 2.24) is 20.2 Å². The number of nitrogens with zero attached hydrogens (tertiary/aromatic N) is 3. The molecule has 0 aliphatic rings. The van der Waals surface area contributed by atoms with E-state index < -0.39 is 0 Å². The summed E-state index contributed by atoms with van der Waals surface area (Å²) in [6, 6.07) is 5.63. The van der Waals surface area contributed by atoms with Gasteiger partial charge >= 0.3 is 0 Å². The van der Waals surface area contributed by atoms with Crippen molar-refractivity contribution in [2.24, 2.45) is 0 Å². The lowest BCUT2D eigenvalue weighted by Crippen LogP contribution is -1.85. The summed E-state index contributed by atoms with van der Waals surface area (Å²) in [5, 5.41) is 6.47. The Labute approximate surface area is 77.2 Å². The molecule has 2 aromatic heterocycles. The molecule has 0 fully saturated rings. The number of pyridine rings is 1. The van der Waals surface area contributed by atoms with Crippen LogP contribution in [-0.2, 0) is 0 Å². The second-order valence-electron chi connectivity index (χ2n) is 2.18. The standard InChI is InChI=1S/C7H5BrN4/c8-6-3-1-2-5(11-6)7-9-4-10-12-7/h1-4H,(H,9,10,12). The van der Waals surface area contributed by atoms with Crippen molar-refractivity contribution in [3.05, 3.63) is 29.1 Å². The minimum absolute atomic E-state index is 0.677. The first kappa shape index (κ1) is 7.42. The summed E-state index contributed by atoms with van der Waals surface area (Å²) in [5.41, 5.74) is 0.780. The Bertz CT molecular complexity index is 371. The van der Waals surface area contributed by atoms with Crippen LogP contribution in [0.4, 0.5) is 0 Å². The second-order valence-corrected chi connectivity index (χ2v) is 2.99. The van der Waals surface area contributed by atoms with Crippen molar-refractivity contribution >= 4 is 15.9 Å². The van der Waals surface area contributed by atoms with Gasteiger partial charge in [0.15, 0.2) is 5.82 Å². The molecule has 0 aliphatic carbocycles. The highest BCUT2D eigenvalue weighted by atomic mass is 79.9. The fourth-order valence-electron chi connectivity index (χ4n) is 0.869. The van der Waals surface area contributed by atoms with Crippen LogP contribution in [0.25, 0.3) is 11.5 Å². The largest absolute Gasteiger partial charge is 0.258 e. The summed E-state index contributed by atoms with van der Waals surface area (Å²) in [6.07, 6.45) is 1.46. The molecular formula is C7H5BrN4.